The molecule has 0 saturated carbocycles. The maximum absolute atomic E-state index is 5.75. The second-order valence-electron chi connectivity index (χ2n) is 3.63. The molecule has 1 heterocycles. The largest absolute Gasteiger partial charge is 0.456 e. The summed E-state index contributed by atoms with van der Waals surface area (Å²) in [5, 5.41) is 1.22. The van der Waals surface area contributed by atoms with Gasteiger partial charge in [-0.3, -0.25) is 0 Å². The van der Waals surface area contributed by atoms with Crippen molar-refractivity contribution in [2.45, 2.75) is 13.8 Å². The van der Waals surface area contributed by atoms with Crippen molar-refractivity contribution < 1.29 is 4.42 Å². The van der Waals surface area contributed by atoms with E-state index in [9.17, 15) is 0 Å². The molecule has 0 unspecified atom stereocenters. The van der Waals surface area contributed by atoms with Gasteiger partial charge in [-0.1, -0.05) is 30.9 Å². The van der Waals surface area contributed by atoms with Crippen LogP contribution in [0.15, 0.2) is 41.3 Å². The van der Waals surface area contributed by atoms with E-state index in [4.69, 9.17) is 4.42 Å². The Bertz CT molecular complexity index is 530. The van der Waals surface area contributed by atoms with Gasteiger partial charge in [0, 0.05) is 10.9 Å². The Morgan fingerprint density at radius 2 is 2.07 bits per heavy atom. The number of allylic oxidation sites excluding steroid dienone is 2. The monoisotopic (exact) mass is 198 g/mol. The molecule has 0 aliphatic heterocycles. The van der Waals surface area contributed by atoms with Gasteiger partial charge in [-0.05, 0) is 31.6 Å². The van der Waals surface area contributed by atoms with Gasteiger partial charge in [-0.2, -0.15) is 0 Å². The summed E-state index contributed by atoms with van der Waals surface area (Å²) in [6.07, 6.45) is 5.58. The average Bonchev–Trinajstić information content (AvgIpc) is 2.54. The van der Waals surface area contributed by atoms with Crippen LogP contribution in [0.2, 0.25) is 0 Å². The lowest BCUT2D eigenvalue weighted by Crippen LogP contribution is -1.76. The number of furan rings is 1. The number of benzene rings is 1. The van der Waals surface area contributed by atoms with E-state index in [1.165, 1.54) is 16.5 Å². The molecule has 15 heavy (non-hydrogen) atoms. The van der Waals surface area contributed by atoms with Gasteiger partial charge in [0.1, 0.15) is 11.3 Å². The van der Waals surface area contributed by atoms with Crippen molar-refractivity contribution in [2.24, 2.45) is 0 Å². The summed E-state index contributed by atoms with van der Waals surface area (Å²) in [6, 6.07) is 6.12. The minimum Gasteiger partial charge on any atom is -0.456 e. The Kier molecular flexibility index (Phi) is 2.46. The Morgan fingerprint density at radius 3 is 2.73 bits per heavy atom. The van der Waals surface area contributed by atoms with E-state index in [0.29, 0.717) is 0 Å². The van der Waals surface area contributed by atoms with Crippen LogP contribution >= 0.6 is 0 Å². The third kappa shape index (κ3) is 1.61. The summed E-state index contributed by atoms with van der Waals surface area (Å²) in [7, 11) is 0. The molecule has 0 atom stereocenters. The first-order valence-corrected chi connectivity index (χ1v) is 5.02. The van der Waals surface area contributed by atoms with Gasteiger partial charge < -0.3 is 4.42 Å². The molecule has 0 aliphatic carbocycles. The highest BCUT2D eigenvalue weighted by Gasteiger charge is 2.08. The second-order valence-corrected chi connectivity index (χ2v) is 3.63. The summed E-state index contributed by atoms with van der Waals surface area (Å²) < 4.78 is 5.75. The van der Waals surface area contributed by atoms with Crippen molar-refractivity contribution in [3.63, 3.8) is 0 Å². The molecule has 0 spiro atoms. The first kappa shape index (κ1) is 9.78. The quantitative estimate of drug-likeness (QED) is 0.657. The predicted molar refractivity (Wildman–Crippen MR) is 64.9 cm³/mol. The zero-order valence-electron chi connectivity index (χ0n) is 9.08. The maximum Gasteiger partial charge on any atom is 0.135 e. The lowest BCUT2D eigenvalue weighted by Gasteiger charge is -1.94. The Labute approximate surface area is 89.7 Å². The van der Waals surface area contributed by atoms with Crippen LogP contribution in [-0.4, -0.2) is 0 Å². The average molecular weight is 198 g/mol. The van der Waals surface area contributed by atoms with Crippen molar-refractivity contribution in [3.05, 3.63) is 53.8 Å². The van der Waals surface area contributed by atoms with Gasteiger partial charge in [-0.15, -0.1) is 0 Å². The molecule has 2 rings (SSSR count). The summed E-state index contributed by atoms with van der Waals surface area (Å²) in [5.41, 5.74) is 3.41. The highest BCUT2D eigenvalue weighted by atomic mass is 16.3. The molecule has 0 bridgehead atoms. The van der Waals surface area contributed by atoms with Crippen molar-refractivity contribution >= 4 is 17.0 Å². The fraction of sp³-hybridized carbons (Fsp3) is 0.143. The van der Waals surface area contributed by atoms with E-state index < -0.39 is 0 Å². The van der Waals surface area contributed by atoms with E-state index in [-0.39, 0.29) is 0 Å². The molecule has 0 fully saturated rings. The molecule has 0 radical (unpaired) electrons. The van der Waals surface area contributed by atoms with E-state index in [1.54, 1.807) is 6.08 Å². The van der Waals surface area contributed by atoms with Crippen LogP contribution in [0.3, 0.4) is 0 Å². The number of aryl methyl sites for hydroxylation is 2. The zero-order valence-corrected chi connectivity index (χ0v) is 9.08. The smallest absolute Gasteiger partial charge is 0.135 e. The zero-order chi connectivity index (χ0) is 10.8. The maximum atomic E-state index is 5.75. The molecule has 1 aromatic carbocycles. The lowest BCUT2D eigenvalue weighted by molar-refractivity contribution is 0.601. The van der Waals surface area contributed by atoms with Crippen molar-refractivity contribution in [2.75, 3.05) is 0 Å². The number of fused-ring (bicyclic) bond motifs is 1. The van der Waals surface area contributed by atoms with Crippen LogP contribution in [0.4, 0.5) is 0 Å². The van der Waals surface area contributed by atoms with Gasteiger partial charge >= 0.3 is 0 Å². The fourth-order valence-corrected chi connectivity index (χ4v) is 1.84. The highest BCUT2D eigenvalue weighted by Crippen LogP contribution is 2.28. The highest BCUT2D eigenvalue weighted by molar-refractivity contribution is 5.87. The molecule has 0 amide bonds. The van der Waals surface area contributed by atoms with Gasteiger partial charge in [0.25, 0.3) is 0 Å². The van der Waals surface area contributed by atoms with Crippen LogP contribution in [0.1, 0.15) is 16.9 Å². The SMILES string of the molecule is C=C/C=C\c1oc2cccc(C)c2c1C. The predicted octanol–water partition coefficient (Wildman–Crippen LogP) is 4.25. The third-order valence-corrected chi connectivity index (χ3v) is 2.58. The molecule has 1 nitrogen and oxygen atoms in total. The molecular formula is C14H14O. The number of hydrogen-bond acceptors (Lipinski definition) is 1. The van der Waals surface area contributed by atoms with Crippen LogP contribution in [0, 0.1) is 13.8 Å². The van der Waals surface area contributed by atoms with Crippen molar-refractivity contribution in [3.8, 4) is 0 Å². The standard InChI is InChI=1S/C14H14O/c1-4-5-8-12-11(3)14-10(2)7-6-9-13(14)15-12/h4-9H,1H2,2-3H3/b8-5-. The van der Waals surface area contributed by atoms with Crippen molar-refractivity contribution in [1.29, 1.82) is 0 Å². The van der Waals surface area contributed by atoms with Gasteiger partial charge in [-0.25, -0.2) is 0 Å². The van der Waals surface area contributed by atoms with Crippen LogP contribution in [-0.2, 0) is 0 Å². The third-order valence-electron chi connectivity index (χ3n) is 2.58. The Hall–Kier alpha value is -1.76. The molecular weight excluding hydrogens is 184 g/mol. The minimum atomic E-state index is 0.916. The van der Waals surface area contributed by atoms with Crippen LogP contribution < -0.4 is 0 Å². The van der Waals surface area contributed by atoms with Crippen LogP contribution in [0.5, 0.6) is 0 Å². The molecule has 1 heteroatoms. The van der Waals surface area contributed by atoms with Gasteiger partial charge in [0.05, 0.1) is 0 Å². The van der Waals surface area contributed by atoms with E-state index in [1.807, 2.05) is 24.3 Å². The van der Waals surface area contributed by atoms with E-state index in [2.05, 4.69) is 26.5 Å². The molecule has 1 aromatic heterocycles. The molecule has 0 aliphatic rings. The molecule has 0 saturated heterocycles. The lowest BCUT2D eigenvalue weighted by atomic mass is 10.1. The summed E-state index contributed by atoms with van der Waals surface area (Å²) in [6.45, 7) is 7.84. The van der Waals surface area contributed by atoms with E-state index in [0.717, 1.165) is 11.3 Å². The molecule has 76 valence electrons. The Balaban J connectivity index is 2.69. The summed E-state index contributed by atoms with van der Waals surface area (Å²) in [5.74, 6) is 0.916. The first-order chi connectivity index (χ1) is 7.24. The van der Waals surface area contributed by atoms with Gasteiger partial charge in [0.15, 0.2) is 0 Å². The second kappa shape index (κ2) is 3.77. The van der Waals surface area contributed by atoms with E-state index >= 15 is 0 Å². The normalized spacial score (nSPS) is 11.3. The van der Waals surface area contributed by atoms with Crippen molar-refractivity contribution in [1.82, 2.24) is 0 Å². The van der Waals surface area contributed by atoms with Crippen LogP contribution in [0.25, 0.3) is 17.0 Å². The Morgan fingerprint density at radius 1 is 1.27 bits per heavy atom. The summed E-state index contributed by atoms with van der Waals surface area (Å²) >= 11 is 0. The topological polar surface area (TPSA) is 13.1 Å². The van der Waals surface area contributed by atoms with Gasteiger partial charge in [0.2, 0.25) is 0 Å². The fourth-order valence-electron chi connectivity index (χ4n) is 1.84. The molecule has 2 aromatic rings. The number of hydrogen-bond donors (Lipinski definition) is 0. The molecule has 0 N–H and O–H groups in total. The first-order valence-electron chi connectivity index (χ1n) is 5.02. The number of rotatable bonds is 2. The summed E-state index contributed by atoms with van der Waals surface area (Å²) in [4.78, 5) is 0. The minimum absolute atomic E-state index is 0.916.